The van der Waals surface area contributed by atoms with E-state index in [9.17, 15) is 9.18 Å². The summed E-state index contributed by atoms with van der Waals surface area (Å²) in [6.07, 6.45) is 13.5. The summed E-state index contributed by atoms with van der Waals surface area (Å²) in [5, 5.41) is 8.73. The third-order valence-electron chi connectivity index (χ3n) is 3.37. The molecule has 0 heterocycles. The number of rotatable bonds is 10. The molecule has 142 valence electrons. The van der Waals surface area contributed by atoms with Crippen molar-refractivity contribution in [1.29, 1.82) is 0 Å². The van der Waals surface area contributed by atoms with Gasteiger partial charge in [-0.15, -0.1) is 0 Å². The number of hydrogen-bond donors (Lipinski definition) is 1. The molecular formula is C22H29FO3. The van der Waals surface area contributed by atoms with Gasteiger partial charge in [-0.2, -0.15) is 0 Å². The fourth-order valence-corrected chi connectivity index (χ4v) is 2.16. The fourth-order valence-electron chi connectivity index (χ4n) is 2.16. The van der Waals surface area contributed by atoms with Crippen LogP contribution in [0.4, 0.5) is 4.39 Å². The number of carboxylic acid groups (broad SMARTS) is 1. The average Bonchev–Trinajstić information content (AvgIpc) is 2.56. The minimum absolute atomic E-state index is 0.0572. The molecule has 0 fully saturated rings. The Labute approximate surface area is 156 Å². The van der Waals surface area contributed by atoms with E-state index in [4.69, 9.17) is 9.84 Å². The Hall–Kier alpha value is -2.62. The molecule has 0 aromatic heterocycles. The molecule has 0 saturated carbocycles. The number of ether oxygens (including phenoxy) is 1. The van der Waals surface area contributed by atoms with E-state index < -0.39 is 5.97 Å². The van der Waals surface area contributed by atoms with Crippen molar-refractivity contribution in [3.63, 3.8) is 0 Å². The van der Waals surface area contributed by atoms with Crippen LogP contribution in [-0.4, -0.2) is 11.1 Å². The van der Waals surface area contributed by atoms with Crippen molar-refractivity contribution < 1.29 is 19.0 Å². The second-order valence-electron chi connectivity index (χ2n) is 5.79. The standard InChI is InChI=1S/C22H29FO3/c1-7-11-20(21(23)9-3)19(8-2)15-18(6)26-17(5)13-10-12-16(4)14-22(24)25/h7-13,15-16H,1,14H2,2-6H3,(H,24,25)/b12-10-,17-13+,18-15+,19-8+,20-11-,21-9+. The van der Waals surface area contributed by atoms with Gasteiger partial charge in [-0.25, -0.2) is 4.39 Å². The highest BCUT2D eigenvalue weighted by atomic mass is 19.1. The molecular weight excluding hydrogens is 331 g/mol. The van der Waals surface area contributed by atoms with Gasteiger partial charge in [0.1, 0.15) is 17.3 Å². The fraction of sp³-hybridized carbons (Fsp3) is 0.318. The number of carboxylic acids is 1. The van der Waals surface area contributed by atoms with E-state index in [1.165, 1.54) is 6.08 Å². The molecule has 0 aromatic rings. The normalized spacial score (nSPS) is 16.0. The smallest absolute Gasteiger partial charge is 0.303 e. The van der Waals surface area contributed by atoms with Crippen molar-refractivity contribution in [3.8, 4) is 0 Å². The highest BCUT2D eigenvalue weighted by Crippen LogP contribution is 2.24. The maximum absolute atomic E-state index is 14.0. The second-order valence-corrected chi connectivity index (χ2v) is 5.79. The molecule has 0 bridgehead atoms. The molecule has 3 nitrogen and oxygen atoms in total. The maximum atomic E-state index is 14.0. The molecule has 0 saturated heterocycles. The van der Waals surface area contributed by atoms with Gasteiger partial charge in [-0.3, -0.25) is 4.79 Å². The molecule has 0 radical (unpaired) electrons. The average molecular weight is 360 g/mol. The van der Waals surface area contributed by atoms with Gasteiger partial charge in [0.2, 0.25) is 0 Å². The largest absolute Gasteiger partial charge is 0.481 e. The minimum atomic E-state index is -0.825. The summed E-state index contributed by atoms with van der Waals surface area (Å²) < 4.78 is 19.7. The molecule has 1 unspecified atom stereocenters. The van der Waals surface area contributed by atoms with Gasteiger partial charge in [-0.05, 0) is 51.3 Å². The second kappa shape index (κ2) is 12.7. The van der Waals surface area contributed by atoms with Crippen LogP contribution in [0.3, 0.4) is 0 Å². The lowest BCUT2D eigenvalue weighted by Gasteiger charge is -2.10. The van der Waals surface area contributed by atoms with Gasteiger partial charge < -0.3 is 9.84 Å². The Bertz CT molecular complexity index is 674. The molecule has 0 rings (SSSR count). The summed E-state index contributed by atoms with van der Waals surface area (Å²) in [6, 6.07) is 0. The van der Waals surface area contributed by atoms with Crippen molar-refractivity contribution in [3.05, 3.63) is 83.7 Å². The lowest BCUT2D eigenvalue weighted by molar-refractivity contribution is -0.137. The molecule has 0 aliphatic rings. The maximum Gasteiger partial charge on any atom is 0.303 e. The summed E-state index contributed by atoms with van der Waals surface area (Å²) in [5.41, 5.74) is 1.13. The Morgan fingerprint density at radius 2 is 1.85 bits per heavy atom. The Morgan fingerprint density at radius 3 is 2.35 bits per heavy atom. The summed E-state index contributed by atoms with van der Waals surface area (Å²) in [6.45, 7) is 12.5. The Kier molecular flexibility index (Phi) is 11.4. The summed E-state index contributed by atoms with van der Waals surface area (Å²) in [7, 11) is 0. The predicted molar refractivity (Wildman–Crippen MR) is 106 cm³/mol. The first-order valence-corrected chi connectivity index (χ1v) is 8.49. The summed E-state index contributed by atoms with van der Waals surface area (Å²) in [5.74, 6) is 0.0443. The highest BCUT2D eigenvalue weighted by molar-refractivity contribution is 5.67. The van der Waals surface area contributed by atoms with Gasteiger partial charge in [0.25, 0.3) is 0 Å². The van der Waals surface area contributed by atoms with Crippen LogP contribution in [0.2, 0.25) is 0 Å². The van der Waals surface area contributed by atoms with Crippen LogP contribution in [0, 0.1) is 5.92 Å². The summed E-state index contributed by atoms with van der Waals surface area (Å²) in [4.78, 5) is 10.6. The molecule has 0 aliphatic heterocycles. The molecule has 26 heavy (non-hydrogen) atoms. The van der Waals surface area contributed by atoms with Crippen LogP contribution in [0.5, 0.6) is 0 Å². The number of carbonyl (C=O) groups is 1. The zero-order valence-corrected chi connectivity index (χ0v) is 16.3. The van der Waals surface area contributed by atoms with Gasteiger partial charge in [0.05, 0.1) is 6.42 Å². The molecule has 0 amide bonds. The number of hydrogen-bond acceptors (Lipinski definition) is 2. The zero-order valence-electron chi connectivity index (χ0n) is 16.3. The lowest BCUT2D eigenvalue weighted by Crippen LogP contribution is -2.00. The first kappa shape index (κ1) is 23.4. The molecule has 0 aromatic carbocycles. The van der Waals surface area contributed by atoms with Gasteiger partial charge >= 0.3 is 5.97 Å². The van der Waals surface area contributed by atoms with Crippen LogP contribution in [-0.2, 0) is 9.53 Å². The van der Waals surface area contributed by atoms with Crippen molar-refractivity contribution in [2.45, 2.75) is 41.0 Å². The van der Waals surface area contributed by atoms with Crippen molar-refractivity contribution >= 4 is 5.97 Å². The van der Waals surface area contributed by atoms with Gasteiger partial charge in [0.15, 0.2) is 0 Å². The van der Waals surface area contributed by atoms with Crippen LogP contribution in [0.25, 0.3) is 0 Å². The Morgan fingerprint density at radius 1 is 1.19 bits per heavy atom. The highest BCUT2D eigenvalue weighted by Gasteiger charge is 2.08. The molecule has 4 heteroatoms. The predicted octanol–water partition coefficient (Wildman–Crippen LogP) is 6.41. The van der Waals surface area contributed by atoms with Crippen molar-refractivity contribution in [2.75, 3.05) is 0 Å². The number of allylic oxidation sites excluding steroid dienone is 13. The number of aliphatic carboxylic acids is 1. The quantitative estimate of drug-likeness (QED) is 0.362. The van der Waals surface area contributed by atoms with Crippen LogP contribution in [0.1, 0.15) is 41.0 Å². The molecule has 0 aliphatic carbocycles. The van der Waals surface area contributed by atoms with Crippen LogP contribution in [0.15, 0.2) is 83.7 Å². The van der Waals surface area contributed by atoms with Gasteiger partial charge in [-0.1, -0.05) is 50.0 Å². The molecule has 1 atom stereocenters. The van der Waals surface area contributed by atoms with E-state index in [0.717, 1.165) is 0 Å². The van der Waals surface area contributed by atoms with E-state index in [1.54, 1.807) is 57.2 Å². The number of halogens is 1. The molecule has 1 N–H and O–H groups in total. The van der Waals surface area contributed by atoms with E-state index >= 15 is 0 Å². The van der Waals surface area contributed by atoms with E-state index in [2.05, 4.69) is 6.58 Å². The topological polar surface area (TPSA) is 46.5 Å². The van der Waals surface area contributed by atoms with E-state index in [1.807, 2.05) is 19.9 Å². The monoisotopic (exact) mass is 360 g/mol. The third kappa shape index (κ3) is 9.62. The van der Waals surface area contributed by atoms with Crippen LogP contribution >= 0.6 is 0 Å². The lowest BCUT2D eigenvalue weighted by atomic mass is 10.0. The van der Waals surface area contributed by atoms with Crippen molar-refractivity contribution in [1.82, 2.24) is 0 Å². The zero-order chi connectivity index (χ0) is 20.1. The first-order valence-electron chi connectivity index (χ1n) is 8.49. The van der Waals surface area contributed by atoms with E-state index in [-0.39, 0.29) is 18.2 Å². The SMILES string of the molecule is C=C/C=C(C(\F)=C/C)/C(/C=C(\C)O/C(C)=C/C=C\C(C)CC(=O)O)=C/C. The minimum Gasteiger partial charge on any atom is -0.481 e. The molecule has 0 spiro atoms. The van der Waals surface area contributed by atoms with E-state index in [0.29, 0.717) is 22.7 Å². The Balaban J connectivity index is 5.16. The van der Waals surface area contributed by atoms with Gasteiger partial charge in [0, 0.05) is 5.57 Å². The van der Waals surface area contributed by atoms with Crippen molar-refractivity contribution in [2.24, 2.45) is 5.92 Å². The first-order chi connectivity index (χ1) is 12.2. The third-order valence-corrected chi connectivity index (χ3v) is 3.37. The van der Waals surface area contributed by atoms with Crippen LogP contribution < -0.4 is 0 Å². The summed E-state index contributed by atoms with van der Waals surface area (Å²) >= 11 is 0.